The molecule has 1 aliphatic carbocycles. The lowest BCUT2D eigenvalue weighted by Gasteiger charge is -2.27. The number of amides is 1. The quantitative estimate of drug-likeness (QED) is 0.516. The molecule has 134 valence electrons. The summed E-state index contributed by atoms with van der Waals surface area (Å²) in [5.74, 6) is 0.262. The van der Waals surface area contributed by atoms with Gasteiger partial charge in [0.1, 0.15) is 0 Å². The van der Waals surface area contributed by atoms with Gasteiger partial charge in [0, 0.05) is 11.6 Å². The Morgan fingerprint density at radius 2 is 1.96 bits per heavy atom. The van der Waals surface area contributed by atoms with E-state index in [0.29, 0.717) is 17.5 Å². The second kappa shape index (κ2) is 6.69. The van der Waals surface area contributed by atoms with E-state index in [4.69, 9.17) is 18.7 Å². The molecule has 0 aromatic heterocycles. The van der Waals surface area contributed by atoms with E-state index in [9.17, 15) is 18.0 Å². The van der Waals surface area contributed by atoms with Crippen molar-refractivity contribution in [1.29, 1.82) is 0 Å². The first-order chi connectivity index (χ1) is 11.0. The Bertz CT molecular complexity index is 734. The third-order valence-corrected chi connectivity index (χ3v) is 4.73. The molecule has 1 amide bonds. The maximum absolute atomic E-state index is 11.2. The summed E-state index contributed by atoms with van der Waals surface area (Å²) >= 11 is 0. The van der Waals surface area contributed by atoms with Crippen LogP contribution < -0.4 is 11.1 Å². The van der Waals surface area contributed by atoms with Gasteiger partial charge in [-0.1, -0.05) is 6.07 Å². The first-order valence-electron chi connectivity index (χ1n) is 7.20. The van der Waals surface area contributed by atoms with Crippen LogP contribution in [0.4, 0.5) is 13.2 Å². The van der Waals surface area contributed by atoms with Crippen LogP contribution in [0.2, 0.25) is 0 Å². The van der Waals surface area contributed by atoms with Gasteiger partial charge < -0.3 is 11.1 Å². The van der Waals surface area contributed by atoms with Crippen molar-refractivity contribution in [2.75, 3.05) is 6.54 Å². The number of hydrogen-bond donors (Lipinski definition) is 3. The summed E-state index contributed by atoms with van der Waals surface area (Å²) in [6.45, 7) is 1.12. The molecule has 1 heterocycles. The van der Waals surface area contributed by atoms with Crippen LogP contribution in [0.25, 0.3) is 0 Å². The molecule has 2 unspecified atom stereocenters. The summed E-state index contributed by atoms with van der Waals surface area (Å²) in [6.07, 6.45) is 3.55. The number of benzene rings is 1. The molecule has 1 saturated heterocycles. The Morgan fingerprint density at radius 3 is 2.50 bits per heavy atom. The highest BCUT2D eigenvalue weighted by atomic mass is 32.2. The molecule has 1 fully saturated rings. The van der Waals surface area contributed by atoms with Crippen molar-refractivity contribution < 1.29 is 30.9 Å². The summed E-state index contributed by atoms with van der Waals surface area (Å²) in [5.41, 5.74) is 3.15. The highest BCUT2D eigenvalue weighted by Crippen LogP contribution is 2.38. The molecule has 6 nitrogen and oxygen atoms in total. The molecule has 0 spiro atoms. The average molecular weight is 366 g/mol. The first-order valence-corrected chi connectivity index (χ1v) is 8.64. The van der Waals surface area contributed by atoms with Gasteiger partial charge >= 0.3 is 15.6 Å². The molecule has 2 atom stereocenters. The molecule has 1 aromatic rings. The van der Waals surface area contributed by atoms with Crippen LogP contribution in [0.1, 0.15) is 40.2 Å². The van der Waals surface area contributed by atoms with E-state index in [2.05, 4.69) is 11.4 Å². The third-order valence-electron chi connectivity index (χ3n) is 4.15. The SMILES string of the molecule is NC(=O)c1ccc2c(c1)C1CCCNC1C2.O=S(=O)(O)C(F)(F)F. The number of primary amides is 1. The van der Waals surface area contributed by atoms with Gasteiger partial charge in [0.05, 0.1) is 0 Å². The van der Waals surface area contributed by atoms with Crippen molar-refractivity contribution in [3.8, 4) is 0 Å². The number of halogens is 3. The first kappa shape index (κ1) is 18.7. The smallest absolute Gasteiger partial charge is 0.366 e. The minimum atomic E-state index is -5.84. The van der Waals surface area contributed by atoms with Gasteiger partial charge in [0.2, 0.25) is 5.91 Å². The lowest BCUT2D eigenvalue weighted by Crippen LogP contribution is -2.37. The standard InChI is InChI=1S/C13H16N2O.CHF3O3S/c14-13(16)9-4-3-8-7-12-10(11(8)6-9)2-1-5-15-12;2-1(3,4)8(5,6)7/h3-4,6,10,12,15H,1-2,5,7H2,(H2,14,16);(H,5,6,7). The largest absolute Gasteiger partial charge is 0.522 e. The molecule has 1 aliphatic heterocycles. The highest BCUT2D eigenvalue weighted by molar-refractivity contribution is 7.86. The highest BCUT2D eigenvalue weighted by Gasteiger charge is 2.44. The zero-order valence-corrected chi connectivity index (χ0v) is 13.3. The van der Waals surface area contributed by atoms with Crippen molar-refractivity contribution >= 4 is 16.0 Å². The number of nitrogens with two attached hydrogens (primary N) is 1. The van der Waals surface area contributed by atoms with Crippen molar-refractivity contribution in [2.24, 2.45) is 5.73 Å². The molecule has 3 rings (SSSR count). The maximum atomic E-state index is 11.2. The normalized spacial score (nSPS) is 22.8. The van der Waals surface area contributed by atoms with Gasteiger partial charge in [0.25, 0.3) is 0 Å². The predicted octanol–water partition coefficient (Wildman–Crippen LogP) is 1.57. The Hall–Kier alpha value is -1.65. The van der Waals surface area contributed by atoms with Gasteiger partial charge in [-0.05, 0) is 55.0 Å². The fourth-order valence-electron chi connectivity index (χ4n) is 3.06. The molecule has 0 radical (unpaired) electrons. The second-order valence-electron chi connectivity index (χ2n) is 5.71. The number of carbonyl (C=O) groups excluding carboxylic acids is 1. The fraction of sp³-hybridized carbons (Fsp3) is 0.500. The van der Waals surface area contributed by atoms with Gasteiger partial charge in [-0.15, -0.1) is 0 Å². The van der Waals surface area contributed by atoms with Crippen LogP contribution in [0.15, 0.2) is 18.2 Å². The molecule has 0 bridgehead atoms. The molecule has 4 N–H and O–H groups in total. The summed E-state index contributed by atoms with van der Waals surface area (Å²) in [7, 11) is -5.84. The Labute approximate surface area is 137 Å². The van der Waals surface area contributed by atoms with E-state index < -0.39 is 15.6 Å². The van der Waals surface area contributed by atoms with Crippen molar-refractivity contribution in [3.05, 3.63) is 34.9 Å². The second-order valence-corrected chi connectivity index (χ2v) is 7.13. The van der Waals surface area contributed by atoms with E-state index in [0.717, 1.165) is 13.0 Å². The third kappa shape index (κ3) is 4.05. The van der Waals surface area contributed by atoms with Crippen LogP contribution in [0.5, 0.6) is 0 Å². The number of piperidine rings is 1. The number of nitrogens with one attached hydrogen (secondary N) is 1. The van der Waals surface area contributed by atoms with Crippen LogP contribution in [0, 0.1) is 0 Å². The number of alkyl halides is 3. The average Bonchev–Trinajstić information content (AvgIpc) is 2.83. The van der Waals surface area contributed by atoms with Crippen LogP contribution >= 0.6 is 0 Å². The minimum Gasteiger partial charge on any atom is -0.366 e. The number of rotatable bonds is 1. The number of hydrogen-bond acceptors (Lipinski definition) is 4. The van der Waals surface area contributed by atoms with Gasteiger partial charge in [-0.25, -0.2) is 0 Å². The molecule has 24 heavy (non-hydrogen) atoms. The molecule has 10 heteroatoms. The topological polar surface area (TPSA) is 109 Å². The van der Waals surface area contributed by atoms with E-state index in [1.807, 2.05) is 12.1 Å². The fourth-order valence-corrected chi connectivity index (χ4v) is 3.06. The Balaban J connectivity index is 0.000000224. The lowest BCUT2D eigenvalue weighted by molar-refractivity contribution is -0.0510. The summed E-state index contributed by atoms with van der Waals surface area (Å²) < 4.78 is 57.5. The summed E-state index contributed by atoms with van der Waals surface area (Å²) in [4.78, 5) is 11.2. The zero-order valence-electron chi connectivity index (χ0n) is 12.5. The van der Waals surface area contributed by atoms with Gasteiger partial charge in [-0.3, -0.25) is 9.35 Å². The Kier molecular flexibility index (Phi) is 5.21. The molecule has 2 aliphatic rings. The van der Waals surface area contributed by atoms with E-state index in [1.54, 1.807) is 0 Å². The van der Waals surface area contributed by atoms with E-state index in [-0.39, 0.29) is 5.91 Å². The monoisotopic (exact) mass is 366 g/mol. The molecular formula is C14H17F3N2O4S. The Morgan fingerprint density at radius 1 is 1.33 bits per heavy atom. The summed E-state index contributed by atoms with van der Waals surface area (Å²) in [6, 6.07) is 6.48. The van der Waals surface area contributed by atoms with Crippen molar-refractivity contribution in [3.63, 3.8) is 0 Å². The van der Waals surface area contributed by atoms with Crippen LogP contribution in [-0.2, 0) is 16.5 Å². The number of fused-ring (bicyclic) bond motifs is 3. The van der Waals surface area contributed by atoms with Crippen LogP contribution in [-0.4, -0.2) is 37.0 Å². The van der Waals surface area contributed by atoms with Crippen LogP contribution in [0.3, 0.4) is 0 Å². The predicted molar refractivity (Wildman–Crippen MR) is 80.0 cm³/mol. The molecular weight excluding hydrogens is 349 g/mol. The molecule has 1 aromatic carbocycles. The summed E-state index contributed by atoms with van der Waals surface area (Å²) in [5, 5.41) is 3.56. The van der Waals surface area contributed by atoms with Crippen molar-refractivity contribution in [2.45, 2.75) is 36.7 Å². The maximum Gasteiger partial charge on any atom is 0.522 e. The lowest BCUT2D eigenvalue weighted by atomic mass is 9.89. The number of carbonyl (C=O) groups is 1. The molecule has 0 saturated carbocycles. The van der Waals surface area contributed by atoms with E-state index in [1.165, 1.54) is 24.0 Å². The van der Waals surface area contributed by atoms with Crippen molar-refractivity contribution in [1.82, 2.24) is 5.32 Å². The zero-order chi connectivity index (χ0) is 18.1. The van der Waals surface area contributed by atoms with E-state index >= 15 is 0 Å². The van der Waals surface area contributed by atoms with Gasteiger partial charge in [-0.2, -0.15) is 21.6 Å². The minimum absolute atomic E-state index is 0.324. The van der Waals surface area contributed by atoms with Gasteiger partial charge in [0.15, 0.2) is 0 Å².